The van der Waals surface area contributed by atoms with Crippen molar-refractivity contribution >= 4 is 0 Å². The van der Waals surface area contributed by atoms with Crippen molar-refractivity contribution in [3.63, 3.8) is 0 Å². The van der Waals surface area contributed by atoms with E-state index in [0.717, 1.165) is 16.8 Å². The lowest BCUT2D eigenvalue weighted by molar-refractivity contribution is 0.276. The van der Waals surface area contributed by atoms with Crippen LogP contribution in [0.5, 0.6) is 0 Å². The van der Waals surface area contributed by atoms with Crippen LogP contribution in [0.25, 0.3) is 28.1 Å². The number of benzene rings is 3. The molecule has 0 atom stereocenters. The minimum atomic E-state index is -0.320. The van der Waals surface area contributed by atoms with Gasteiger partial charge in [0.15, 0.2) is 0 Å². The van der Waals surface area contributed by atoms with Crippen LogP contribution in [0.1, 0.15) is 5.69 Å². The Morgan fingerprint density at radius 3 is 2.15 bits per heavy atom. The Labute approximate surface area is 151 Å². The summed E-state index contributed by atoms with van der Waals surface area (Å²) in [6, 6.07) is 26.3. The van der Waals surface area contributed by atoms with Crippen LogP contribution in [-0.2, 0) is 6.61 Å². The van der Waals surface area contributed by atoms with Crippen LogP contribution in [0.2, 0.25) is 0 Å². The number of hydrogen-bond donors (Lipinski definition) is 1. The summed E-state index contributed by atoms with van der Waals surface area (Å²) in [6.07, 6.45) is 0. The second-order valence-corrected chi connectivity index (χ2v) is 5.98. The molecule has 3 nitrogen and oxygen atoms in total. The summed E-state index contributed by atoms with van der Waals surface area (Å²) in [6.45, 7) is -0.198. The molecule has 0 aliphatic rings. The van der Waals surface area contributed by atoms with E-state index in [1.807, 2.05) is 42.5 Å². The Kier molecular flexibility index (Phi) is 4.33. The number of halogens is 1. The van der Waals surface area contributed by atoms with Gasteiger partial charge < -0.3 is 5.11 Å². The molecular formula is C22H17FN2O. The third kappa shape index (κ3) is 3.03. The molecule has 128 valence electrons. The monoisotopic (exact) mass is 344 g/mol. The Morgan fingerprint density at radius 1 is 0.808 bits per heavy atom. The zero-order chi connectivity index (χ0) is 17.9. The molecule has 1 heterocycles. The molecule has 0 unspecified atom stereocenters. The molecule has 4 heteroatoms. The molecule has 0 aliphatic carbocycles. The average Bonchev–Trinajstić information content (AvgIpc) is 3.13. The van der Waals surface area contributed by atoms with E-state index in [4.69, 9.17) is 0 Å². The summed E-state index contributed by atoms with van der Waals surface area (Å²) in [7, 11) is 0. The molecule has 26 heavy (non-hydrogen) atoms. The van der Waals surface area contributed by atoms with Crippen molar-refractivity contribution in [2.24, 2.45) is 0 Å². The van der Waals surface area contributed by atoms with Crippen molar-refractivity contribution in [3.8, 4) is 28.1 Å². The highest BCUT2D eigenvalue weighted by atomic mass is 19.1. The normalized spacial score (nSPS) is 10.8. The maximum Gasteiger partial charge on any atom is 0.132 e. The van der Waals surface area contributed by atoms with E-state index in [2.05, 4.69) is 17.2 Å². The quantitative estimate of drug-likeness (QED) is 0.575. The predicted octanol–water partition coefficient (Wildman–Crippen LogP) is 4.84. The van der Waals surface area contributed by atoms with Gasteiger partial charge in [0, 0.05) is 5.56 Å². The fourth-order valence-corrected chi connectivity index (χ4v) is 2.99. The van der Waals surface area contributed by atoms with Crippen molar-refractivity contribution in [3.05, 3.63) is 96.4 Å². The molecule has 0 aliphatic heterocycles. The summed E-state index contributed by atoms with van der Waals surface area (Å²) in [5.74, 6) is -0.320. The second-order valence-electron chi connectivity index (χ2n) is 5.98. The first-order chi connectivity index (χ1) is 12.8. The molecule has 0 spiro atoms. The molecule has 4 rings (SSSR count). The van der Waals surface area contributed by atoms with Crippen molar-refractivity contribution in [2.45, 2.75) is 6.61 Å². The van der Waals surface area contributed by atoms with E-state index in [-0.39, 0.29) is 12.4 Å². The molecular weight excluding hydrogens is 327 g/mol. The Balaban J connectivity index is 1.78. The van der Waals surface area contributed by atoms with E-state index in [9.17, 15) is 9.50 Å². The fraction of sp³-hybridized carbons (Fsp3) is 0.0455. The number of aliphatic hydroxyl groups excluding tert-OH is 1. The van der Waals surface area contributed by atoms with Gasteiger partial charge in [0.1, 0.15) is 5.82 Å². The standard InChI is InChI=1S/C22H17FN2O/c23-21-9-5-4-8-20(21)22-14-18(15-26)24-25(22)19-12-10-17(11-13-19)16-6-2-1-3-7-16/h1-14,26H,15H2. The maximum absolute atomic E-state index is 14.3. The largest absolute Gasteiger partial charge is 0.390 e. The Morgan fingerprint density at radius 2 is 1.46 bits per heavy atom. The minimum absolute atomic E-state index is 0.198. The lowest BCUT2D eigenvalue weighted by atomic mass is 10.1. The number of nitrogens with zero attached hydrogens (tertiary/aromatic N) is 2. The molecule has 0 bridgehead atoms. The first kappa shape index (κ1) is 16.2. The van der Waals surface area contributed by atoms with Crippen LogP contribution in [0.3, 0.4) is 0 Å². The highest BCUT2D eigenvalue weighted by Gasteiger charge is 2.14. The third-order valence-electron chi connectivity index (χ3n) is 4.29. The van der Waals surface area contributed by atoms with Gasteiger partial charge in [-0.15, -0.1) is 0 Å². The van der Waals surface area contributed by atoms with Gasteiger partial charge in [0.05, 0.1) is 23.7 Å². The van der Waals surface area contributed by atoms with Crippen molar-refractivity contribution in [1.29, 1.82) is 0 Å². The lowest BCUT2D eigenvalue weighted by Gasteiger charge is -2.09. The molecule has 0 fully saturated rings. The van der Waals surface area contributed by atoms with Gasteiger partial charge in [-0.05, 0) is 41.5 Å². The predicted molar refractivity (Wildman–Crippen MR) is 100 cm³/mol. The van der Waals surface area contributed by atoms with Crippen LogP contribution in [0.15, 0.2) is 84.9 Å². The SMILES string of the molecule is OCc1cc(-c2ccccc2F)n(-c2ccc(-c3ccccc3)cc2)n1. The molecule has 1 N–H and O–H groups in total. The number of hydrogen-bond acceptors (Lipinski definition) is 2. The van der Waals surface area contributed by atoms with Gasteiger partial charge in [-0.3, -0.25) is 0 Å². The Bertz CT molecular complexity index is 1020. The molecule has 4 aromatic rings. The van der Waals surface area contributed by atoms with Crippen molar-refractivity contribution in [2.75, 3.05) is 0 Å². The van der Waals surface area contributed by atoms with Crippen molar-refractivity contribution in [1.82, 2.24) is 9.78 Å². The van der Waals surface area contributed by atoms with E-state index in [1.54, 1.807) is 28.9 Å². The minimum Gasteiger partial charge on any atom is -0.390 e. The van der Waals surface area contributed by atoms with Gasteiger partial charge in [0.2, 0.25) is 0 Å². The van der Waals surface area contributed by atoms with Crippen LogP contribution in [0.4, 0.5) is 4.39 Å². The van der Waals surface area contributed by atoms with E-state index >= 15 is 0 Å². The van der Waals surface area contributed by atoms with Crippen LogP contribution >= 0.6 is 0 Å². The summed E-state index contributed by atoms with van der Waals surface area (Å²) < 4.78 is 15.9. The van der Waals surface area contributed by atoms with Gasteiger partial charge in [-0.1, -0.05) is 54.6 Å². The van der Waals surface area contributed by atoms with Crippen LogP contribution in [-0.4, -0.2) is 14.9 Å². The van der Waals surface area contributed by atoms with E-state index < -0.39 is 0 Å². The average molecular weight is 344 g/mol. The van der Waals surface area contributed by atoms with Gasteiger partial charge >= 0.3 is 0 Å². The molecule has 0 amide bonds. The summed E-state index contributed by atoms with van der Waals surface area (Å²) in [4.78, 5) is 0. The summed E-state index contributed by atoms with van der Waals surface area (Å²) in [5.41, 5.74) is 4.59. The van der Waals surface area contributed by atoms with Crippen molar-refractivity contribution < 1.29 is 9.50 Å². The molecule has 3 aromatic carbocycles. The number of aromatic nitrogens is 2. The van der Waals surface area contributed by atoms with Gasteiger partial charge in [0.25, 0.3) is 0 Å². The van der Waals surface area contributed by atoms with Gasteiger partial charge in [-0.2, -0.15) is 5.10 Å². The second kappa shape index (κ2) is 6.94. The maximum atomic E-state index is 14.3. The number of aliphatic hydroxyl groups is 1. The lowest BCUT2D eigenvalue weighted by Crippen LogP contribution is -2.00. The van der Waals surface area contributed by atoms with E-state index in [1.165, 1.54) is 6.07 Å². The Hall–Kier alpha value is -3.24. The first-order valence-corrected chi connectivity index (χ1v) is 8.37. The molecule has 0 saturated carbocycles. The summed E-state index contributed by atoms with van der Waals surface area (Å²) in [5, 5.41) is 13.9. The molecule has 1 aromatic heterocycles. The molecule has 0 saturated heterocycles. The highest BCUT2D eigenvalue weighted by Crippen LogP contribution is 2.28. The van der Waals surface area contributed by atoms with Crippen LogP contribution < -0.4 is 0 Å². The number of rotatable bonds is 4. The highest BCUT2D eigenvalue weighted by molar-refractivity contribution is 5.67. The zero-order valence-corrected chi connectivity index (χ0v) is 14.0. The topological polar surface area (TPSA) is 38.0 Å². The molecule has 0 radical (unpaired) electrons. The third-order valence-corrected chi connectivity index (χ3v) is 4.29. The zero-order valence-electron chi connectivity index (χ0n) is 14.0. The fourth-order valence-electron chi connectivity index (χ4n) is 2.99. The summed E-state index contributed by atoms with van der Waals surface area (Å²) >= 11 is 0. The smallest absolute Gasteiger partial charge is 0.132 e. The van der Waals surface area contributed by atoms with Gasteiger partial charge in [-0.25, -0.2) is 9.07 Å². The first-order valence-electron chi connectivity index (χ1n) is 8.37. The van der Waals surface area contributed by atoms with Crippen LogP contribution in [0, 0.1) is 5.82 Å². The van der Waals surface area contributed by atoms with E-state index in [0.29, 0.717) is 17.0 Å².